The SMILES string of the molecule is C/C(=C\C(C)C)NC1=NC(c2ccc(Cl)c(Cl)c2)Nc2ccccc21.CCCCC. The second-order valence-corrected chi connectivity index (χ2v) is 8.63. The van der Waals surface area contributed by atoms with E-state index in [1.54, 1.807) is 6.07 Å². The summed E-state index contributed by atoms with van der Waals surface area (Å²) in [5.41, 5.74) is 4.13. The third-order valence-electron chi connectivity index (χ3n) is 4.60. The van der Waals surface area contributed by atoms with Crippen molar-refractivity contribution in [2.45, 2.75) is 60.0 Å². The number of anilines is 1. The number of hydrogen-bond acceptors (Lipinski definition) is 3. The average Bonchev–Trinajstić information content (AvgIpc) is 2.70. The lowest BCUT2D eigenvalue weighted by Gasteiger charge is -2.27. The summed E-state index contributed by atoms with van der Waals surface area (Å²) in [5.74, 6) is 1.32. The van der Waals surface area contributed by atoms with Crippen LogP contribution < -0.4 is 10.6 Å². The van der Waals surface area contributed by atoms with E-state index in [-0.39, 0.29) is 6.17 Å². The molecule has 5 heteroatoms. The van der Waals surface area contributed by atoms with Gasteiger partial charge in [0.2, 0.25) is 0 Å². The van der Waals surface area contributed by atoms with Crippen LogP contribution >= 0.6 is 23.2 Å². The minimum atomic E-state index is -0.223. The highest BCUT2D eigenvalue weighted by atomic mass is 35.5. The van der Waals surface area contributed by atoms with E-state index in [0.717, 1.165) is 28.3 Å². The molecule has 3 nitrogen and oxygen atoms in total. The molecule has 0 aromatic heterocycles. The number of fused-ring (bicyclic) bond motifs is 1. The number of nitrogens with one attached hydrogen (secondary N) is 2. The van der Waals surface area contributed by atoms with E-state index < -0.39 is 0 Å². The zero-order valence-electron chi connectivity index (χ0n) is 18.6. The number of benzene rings is 2. The lowest BCUT2D eigenvalue weighted by atomic mass is 10.1. The van der Waals surface area contributed by atoms with Crippen LogP contribution in [0.1, 0.15) is 71.2 Å². The fourth-order valence-electron chi connectivity index (χ4n) is 3.22. The minimum Gasteiger partial charge on any atom is -0.359 e. The number of hydrogen-bond donors (Lipinski definition) is 2. The van der Waals surface area contributed by atoms with Gasteiger partial charge in [0.25, 0.3) is 0 Å². The van der Waals surface area contributed by atoms with E-state index >= 15 is 0 Å². The molecule has 0 spiro atoms. The maximum absolute atomic E-state index is 6.18. The standard InChI is InChI=1S/C20H21Cl2N3.C5H12/c1-12(2)10-13(3)23-20-15-6-4-5-7-18(15)24-19(25-20)14-8-9-16(21)17(22)11-14;1-3-5-4-2/h4-12,19,24H,1-3H3,(H,23,25);3-5H2,1-2H3/b13-10+;. The summed E-state index contributed by atoms with van der Waals surface area (Å²) in [6.45, 7) is 10.8. The number of amidine groups is 1. The molecule has 0 fully saturated rings. The Balaban J connectivity index is 0.000000575. The maximum atomic E-state index is 6.18. The van der Waals surface area contributed by atoms with Gasteiger partial charge in [-0.25, -0.2) is 4.99 Å². The number of allylic oxidation sites excluding steroid dienone is 2. The summed E-state index contributed by atoms with van der Waals surface area (Å²) in [5, 5.41) is 7.97. The molecule has 2 aromatic rings. The third-order valence-corrected chi connectivity index (χ3v) is 5.34. The maximum Gasteiger partial charge on any atom is 0.147 e. The molecule has 1 aliphatic rings. The van der Waals surface area contributed by atoms with Crippen LogP contribution in [0.4, 0.5) is 5.69 Å². The van der Waals surface area contributed by atoms with Crippen molar-refractivity contribution >= 4 is 34.7 Å². The van der Waals surface area contributed by atoms with Gasteiger partial charge in [-0.2, -0.15) is 0 Å². The fraction of sp³-hybridized carbons (Fsp3) is 0.400. The highest BCUT2D eigenvalue weighted by Crippen LogP contribution is 2.32. The van der Waals surface area contributed by atoms with Crippen LogP contribution in [-0.4, -0.2) is 5.84 Å². The van der Waals surface area contributed by atoms with Gasteiger partial charge < -0.3 is 10.6 Å². The lowest BCUT2D eigenvalue weighted by Crippen LogP contribution is -2.29. The van der Waals surface area contributed by atoms with Gasteiger partial charge >= 0.3 is 0 Å². The predicted molar refractivity (Wildman–Crippen MR) is 133 cm³/mol. The van der Waals surface area contributed by atoms with Gasteiger partial charge in [0.05, 0.1) is 10.0 Å². The van der Waals surface area contributed by atoms with Crippen LogP contribution in [0.5, 0.6) is 0 Å². The Hall–Kier alpha value is -1.97. The number of para-hydroxylation sites is 1. The first-order valence-electron chi connectivity index (χ1n) is 10.7. The van der Waals surface area contributed by atoms with Crippen LogP contribution in [-0.2, 0) is 0 Å². The Morgan fingerprint density at radius 1 is 1.10 bits per heavy atom. The topological polar surface area (TPSA) is 36.4 Å². The molecule has 1 aliphatic heterocycles. The van der Waals surface area contributed by atoms with E-state index in [4.69, 9.17) is 28.2 Å². The van der Waals surface area contributed by atoms with E-state index in [1.165, 1.54) is 19.3 Å². The molecule has 0 bridgehead atoms. The first-order valence-corrected chi connectivity index (χ1v) is 11.4. The highest BCUT2D eigenvalue weighted by Gasteiger charge is 2.22. The van der Waals surface area contributed by atoms with Crippen LogP contribution in [0.2, 0.25) is 10.0 Å². The third kappa shape index (κ3) is 7.07. The first kappa shape index (κ1) is 24.3. The molecular weight excluding hydrogens is 413 g/mol. The fourth-order valence-corrected chi connectivity index (χ4v) is 3.52. The molecule has 162 valence electrons. The molecule has 3 rings (SSSR count). The number of rotatable bonds is 5. The molecule has 0 saturated heterocycles. The number of nitrogens with zero attached hydrogens (tertiary/aromatic N) is 1. The molecule has 1 heterocycles. The quantitative estimate of drug-likeness (QED) is 0.485. The normalized spacial score (nSPS) is 15.5. The van der Waals surface area contributed by atoms with Gasteiger partial charge in [-0.1, -0.05) is 94.4 Å². The number of aliphatic imine (C=N–C) groups is 1. The van der Waals surface area contributed by atoms with Crippen LogP contribution in [0, 0.1) is 5.92 Å². The van der Waals surface area contributed by atoms with Crippen molar-refractivity contribution in [3.05, 3.63) is 75.4 Å². The molecular formula is C25H33Cl2N3. The average molecular weight is 446 g/mol. The van der Waals surface area contributed by atoms with Crippen molar-refractivity contribution in [1.29, 1.82) is 0 Å². The second-order valence-electron chi connectivity index (χ2n) is 7.82. The molecule has 0 radical (unpaired) electrons. The zero-order chi connectivity index (χ0) is 22.1. The smallest absolute Gasteiger partial charge is 0.147 e. The van der Waals surface area contributed by atoms with Crippen molar-refractivity contribution in [2.75, 3.05) is 5.32 Å². The summed E-state index contributed by atoms with van der Waals surface area (Å²) < 4.78 is 0. The van der Waals surface area contributed by atoms with Crippen molar-refractivity contribution in [3.8, 4) is 0 Å². The molecule has 2 aromatic carbocycles. The second kappa shape index (κ2) is 12.0. The minimum absolute atomic E-state index is 0.223. The first-order chi connectivity index (χ1) is 14.3. The van der Waals surface area contributed by atoms with E-state index in [0.29, 0.717) is 16.0 Å². The summed E-state index contributed by atoms with van der Waals surface area (Å²) in [4.78, 5) is 4.86. The van der Waals surface area contributed by atoms with Gasteiger partial charge in [0.1, 0.15) is 12.0 Å². The van der Waals surface area contributed by atoms with E-state index in [1.807, 2.05) is 24.3 Å². The van der Waals surface area contributed by atoms with E-state index in [2.05, 4.69) is 63.5 Å². The lowest BCUT2D eigenvalue weighted by molar-refractivity contribution is 0.772. The Bertz CT molecular complexity index is 886. The van der Waals surface area contributed by atoms with Crippen molar-refractivity contribution < 1.29 is 0 Å². The Morgan fingerprint density at radius 2 is 1.80 bits per heavy atom. The Kier molecular flexibility index (Phi) is 9.74. The monoisotopic (exact) mass is 445 g/mol. The summed E-state index contributed by atoms with van der Waals surface area (Å²) in [6, 6.07) is 13.7. The van der Waals surface area contributed by atoms with Crippen LogP contribution in [0.15, 0.2) is 59.2 Å². The summed E-state index contributed by atoms with van der Waals surface area (Å²) >= 11 is 12.2. The largest absolute Gasteiger partial charge is 0.359 e. The van der Waals surface area contributed by atoms with Gasteiger partial charge in [-0.3, -0.25) is 0 Å². The molecule has 0 saturated carbocycles. The number of unbranched alkanes of at least 4 members (excludes halogenated alkanes) is 2. The highest BCUT2D eigenvalue weighted by molar-refractivity contribution is 6.42. The molecule has 2 N–H and O–H groups in total. The van der Waals surface area contributed by atoms with Gasteiger partial charge in [-0.15, -0.1) is 0 Å². The molecule has 1 unspecified atom stereocenters. The summed E-state index contributed by atoms with van der Waals surface area (Å²) in [6.07, 6.45) is 6.04. The van der Waals surface area contributed by atoms with Crippen LogP contribution in [0.25, 0.3) is 0 Å². The molecule has 1 atom stereocenters. The molecule has 0 aliphatic carbocycles. The summed E-state index contributed by atoms with van der Waals surface area (Å²) in [7, 11) is 0. The molecule has 30 heavy (non-hydrogen) atoms. The molecule has 0 amide bonds. The zero-order valence-corrected chi connectivity index (χ0v) is 20.1. The van der Waals surface area contributed by atoms with Gasteiger partial charge in [-0.05, 0) is 42.7 Å². The van der Waals surface area contributed by atoms with Gasteiger partial charge in [0, 0.05) is 16.9 Å². The van der Waals surface area contributed by atoms with Crippen molar-refractivity contribution in [2.24, 2.45) is 10.9 Å². The number of halogens is 2. The van der Waals surface area contributed by atoms with Gasteiger partial charge in [0.15, 0.2) is 0 Å². The van der Waals surface area contributed by atoms with Crippen molar-refractivity contribution in [3.63, 3.8) is 0 Å². The predicted octanol–water partition coefficient (Wildman–Crippen LogP) is 8.21. The Morgan fingerprint density at radius 3 is 2.40 bits per heavy atom. The Labute approximate surface area is 191 Å². The van der Waals surface area contributed by atoms with Crippen molar-refractivity contribution in [1.82, 2.24) is 5.32 Å². The van der Waals surface area contributed by atoms with E-state index in [9.17, 15) is 0 Å². The van der Waals surface area contributed by atoms with Crippen LogP contribution in [0.3, 0.4) is 0 Å².